The molecule has 2 nitrogen and oxygen atoms in total. The van der Waals surface area contributed by atoms with Gasteiger partial charge < -0.3 is 9.80 Å². The number of benzene rings is 4. The van der Waals surface area contributed by atoms with E-state index in [0.717, 1.165) is 11.4 Å². The van der Waals surface area contributed by atoms with E-state index in [4.69, 9.17) is 0 Å². The van der Waals surface area contributed by atoms with E-state index in [9.17, 15) is 0 Å². The van der Waals surface area contributed by atoms with E-state index >= 15 is 0 Å². The van der Waals surface area contributed by atoms with E-state index in [0.29, 0.717) is 0 Å². The molecule has 2 heteroatoms. The molecular weight excluding hydrogens is 376 g/mol. The SMILES string of the molecule is CN(C)c1ccc2c(c1)C(C)(C)c1cc(N(c3ccccc3)c3ccccc3)ccc1-2. The number of para-hydroxylation sites is 2. The first-order chi connectivity index (χ1) is 15.0. The summed E-state index contributed by atoms with van der Waals surface area (Å²) in [5, 5.41) is 0. The van der Waals surface area contributed by atoms with Gasteiger partial charge >= 0.3 is 0 Å². The van der Waals surface area contributed by atoms with Crippen LogP contribution in [-0.4, -0.2) is 14.1 Å². The van der Waals surface area contributed by atoms with Crippen molar-refractivity contribution in [3.05, 3.63) is 108 Å². The number of anilines is 4. The van der Waals surface area contributed by atoms with Crippen molar-refractivity contribution in [3.8, 4) is 11.1 Å². The summed E-state index contributed by atoms with van der Waals surface area (Å²) in [7, 11) is 4.21. The van der Waals surface area contributed by atoms with Gasteiger partial charge in [0.2, 0.25) is 0 Å². The van der Waals surface area contributed by atoms with Crippen LogP contribution < -0.4 is 9.80 Å². The van der Waals surface area contributed by atoms with Crippen molar-refractivity contribution in [3.63, 3.8) is 0 Å². The Kier molecular flexibility index (Phi) is 4.59. The average Bonchev–Trinajstić information content (AvgIpc) is 3.02. The highest BCUT2D eigenvalue weighted by Crippen LogP contribution is 2.51. The van der Waals surface area contributed by atoms with Crippen molar-refractivity contribution in [1.29, 1.82) is 0 Å². The Bertz CT molecular complexity index is 1180. The highest BCUT2D eigenvalue weighted by molar-refractivity contribution is 5.86. The summed E-state index contributed by atoms with van der Waals surface area (Å²) in [6.45, 7) is 4.69. The Hall–Kier alpha value is -3.52. The highest BCUT2D eigenvalue weighted by Gasteiger charge is 2.36. The maximum Gasteiger partial charge on any atom is 0.0465 e. The molecule has 0 aromatic heterocycles. The summed E-state index contributed by atoms with van der Waals surface area (Å²) in [6, 6.07) is 35.0. The minimum Gasteiger partial charge on any atom is -0.378 e. The predicted molar refractivity (Wildman–Crippen MR) is 133 cm³/mol. The molecule has 0 fully saturated rings. The molecule has 0 radical (unpaired) electrons. The molecule has 1 aliphatic carbocycles. The van der Waals surface area contributed by atoms with Crippen LogP contribution in [0.2, 0.25) is 0 Å². The molecule has 1 aliphatic rings. The van der Waals surface area contributed by atoms with Crippen molar-refractivity contribution in [2.75, 3.05) is 23.9 Å². The third kappa shape index (κ3) is 3.19. The predicted octanol–water partition coefficient (Wildman–Crippen LogP) is 7.53. The topological polar surface area (TPSA) is 6.48 Å². The first-order valence-electron chi connectivity index (χ1n) is 10.8. The van der Waals surface area contributed by atoms with Gasteiger partial charge in [-0.25, -0.2) is 0 Å². The second-order valence-electron chi connectivity index (χ2n) is 8.99. The molecule has 0 N–H and O–H groups in total. The lowest BCUT2D eigenvalue weighted by Crippen LogP contribution is -2.17. The van der Waals surface area contributed by atoms with E-state index in [2.05, 4.69) is 135 Å². The third-order valence-electron chi connectivity index (χ3n) is 6.45. The van der Waals surface area contributed by atoms with Gasteiger partial charge in [0, 0.05) is 42.3 Å². The van der Waals surface area contributed by atoms with E-state index < -0.39 is 0 Å². The van der Waals surface area contributed by atoms with Gasteiger partial charge in [-0.05, 0) is 70.8 Å². The summed E-state index contributed by atoms with van der Waals surface area (Å²) in [5.41, 5.74) is 10.2. The third-order valence-corrected chi connectivity index (χ3v) is 6.45. The van der Waals surface area contributed by atoms with Crippen LogP contribution in [0, 0.1) is 0 Å². The largest absolute Gasteiger partial charge is 0.378 e. The molecule has 0 spiro atoms. The van der Waals surface area contributed by atoms with Gasteiger partial charge in [-0.1, -0.05) is 62.4 Å². The Balaban J connectivity index is 1.67. The zero-order valence-electron chi connectivity index (χ0n) is 18.6. The monoisotopic (exact) mass is 404 g/mol. The molecule has 0 aliphatic heterocycles. The van der Waals surface area contributed by atoms with Crippen molar-refractivity contribution < 1.29 is 0 Å². The van der Waals surface area contributed by atoms with Crippen molar-refractivity contribution in [2.45, 2.75) is 19.3 Å². The van der Waals surface area contributed by atoms with Gasteiger partial charge in [-0.15, -0.1) is 0 Å². The fourth-order valence-corrected chi connectivity index (χ4v) is 4.73. The Morgan fingerprint density at radius 2 is 0.968 bits per heavy atom. The number of hydrogen-bond acceptors (Lipinski definition) is 2. The quantitative estimate of drug-likeness (QED) is 0.347. The van der Waals surface area contributed by atoms with Crippen molar-refractivity contribution in [2.24, 2.45) is 0 Å². The molecule has 0 saturated heterocycles. The first-order valence-corrected chi connectivity index (χ1v) is 10.8. The molecule has 4 aromatic carbocycles. The lowest BCUT2D eigenvalue weighted by Gasteiger charge is -2.28. The summed E-state index contributed by atoms with van der Waals surface area (Å²) in [5.74, 6) is 0. The van der Waals surface area contributed by atoms with Crippen LogP contribution in [0.4, 0.5) is 22.7 Å². The fourth-order valence-electron chi connectivity index (χ4n) is 4.73. The average molecular weight is 405 g/mol. The van der Waals surface area contributed by atoms with Gasteiger partial charge in [0.15, 0.2) is 0 Å². The second-order valence-corrected chi connectivity index (χ2v) is 8.99. The fraction of sp³-hybridized carbons (Fsp3) is 0.172. The molecule has 0 unspecified atom stereocenters. The molecular formula is C29H28N2. The molecule has 0 saturated carbocycles. The number of fused-ring (bicyclic) bond motifs is 3. The minimum atomic E-state index is -0.0499. The van der Waals surface area contributed by atoms with Gasteiger partial charge in [0.05, 0.1) is 0 Å². The summed E-state index contributed by atoms with van der Waals surface area (Å²) >= 11 is 0. The Morgan fingerprint density at radius 1 is 0.516 bits per heavy atom. The minimum absolute atomic E-state index is 0.0499. The van der Waals surface area contributed by atoms with Crippen LogP contribution >= 0.6 is 0 Å². The smallest absolute Gasteiger partial charge is 0.0465 e. The van der Waals surface area contributed by atoms with E-state index in [1.165, 1.54) is 33.6 Å². The summed E-state index contributed by atoms with van der Waals surface area (Å²) in [4.78, 5) is 4.52. The molecule has 31 heavy (non-hydrogen) atoms. The Morgan fingerprint density at radius 3 is 1.45 bits per heavy atom. The molecule has 0 bridgehead atoms. The normalized spacial score (nSPS) is 13.4. The van der Waals surface area contributed by atoms with E-state index in [-0.39, 0.29) is 5.41 Å². The highest BCUT2D eigenvalue weighted by atomic mass is 15.1. The maximum absolute atomic E-state index is 2.38. The first kappa shape index (κ1) is 19.4. The van der Waals surface area contributed by atoms with Crippen molar-refractivity contribution in [1.82, 2.24) is 0 Å². The molecule has 4 aromatic rings. The van der Waals surface area contributed by atoms with E-state index in [1.807, 2.05) is 0 Å². The standard InChI is InChI=1S/C29H28N2/c1-29(2)27-19-23(30(3)4)15-17-25(27)26-18-16-24(20-28(26)29)31(21-11-7-5-8-12-21)22-13-9-6-10-14-22/h5-20H,1-4H3. The van der Waals surface area contributed by atoms with Crippen LogP contribution in [0.5, 0.6) is 0 Å². The lowest BCUT2D eigenvalue weighted by atomic mass is 9.82. The Labute approximate surface area is 185 Å². The van der Waals surface area contributed by atoms with Gasteiger partial charge in [0.25, 0.3) is 0 Å². The lowest BCUT2D eigenvalue weighted by molar-refractivity contribution is 0.660. The molecule has 0 amide bonds. The van der Waals surface area contributed by atoms with Gasteiger partial charge in [0.1, 0.15) is 0 Å². The maximum atomic E-state index is 2.38. The summed E-state index contributed by atoms with van der Waals surface area (Å²) < 4.78 is 0. The van der Waals surface area contributed by atoms with Crippen molar-refractivity contribution >= 4 is 22.7 Å². The molecule has 5 rings (SSSR count). The molecule has 0 heterocycles. The van der Waals surface area contributed by atoms with Crippen LogP contribution in [-0.2, 0) is 5.41 Å². The van der Waals surface area contributed by atoms with Crippen LogP contribution in [0.1, 0.15) is 25.0 Å². The van der Waals surface area contributed by atoms with Crippen LogP contribution in [0.25, 0.3) is 11.1 Å². The van der Waals surface area contributed by atoms with Crippen LogP contribution in [0.3, 0.4) is 0 Å². The number of rotatable bonds is 4. The number of hydrogen-bond donors (Lipinski definition) is 0. The number of nitrogens with zero attached hydrogens (tertiary/aromatic N) is 2. The molecule has 154 valence electrons. The van der Waals surface area contributed by atoms with Gasteiger partial charge in [-0.2, -0.15) is 0 Å². The molecule has 0 atom stereocenters. The zero-order chi connectivity index (χ0) is 21.6. The second kappa shape index (κ2) is 7.31. The van der Waals surface area contributed by atoms with Crippen LogP contribution in [0.15, 0.2) is 97.1 Å². The van der Waals surface area contributed by atoms with E-state index in [1.54, 1.807) is 0 Å². The zero-order valence-corrected chi connectivity index (χ0v) is 18.6. The van der Waals surface area contributed by atoms with Gasteiger partial charge in [-0.3, -0.25) is 0 Å². The summed E-state index contributed by atoms with van der Waals surface area (Å²) in [6.07, 6.45) is 0.